The van der Waals surface area contributed by atoms with Crippen molar-refractivity contribution in [1.82, 2.24) is 10.1 Å². The van der Waals surface area contributed by atoms with Crippen LogP contribution < -0.4 is 5.32 Å². The molecule has 1 aromatic carbocycles. The minimum absolute atomic E-state index is 0.121. The van der Waals surface area contributed by atoms with E-state index in [1.54, 1.807) is 13.0 Å². The highest BCUT2D eigenvalue weighted by Crippen LogP contribution is 2.32. The van der Waals surface area contributed by atoms with Crippen molar-refractivity contribution in [3.63, 3.8) is 0 Å². The van der Waals surface area contributed by atoms with Gasteiger partial charge >= 0.3 is 0 Å². The standard InChI is InChI=1S/C18H17N3O3S2/c1-11-3-5-13(6-4-11)10-14-17(23)21(18(25)26-14)8-7-16(22)19-15-9-12(2)24-20-15/h3-6,9-10H,7-8H2,1-2H3,(H,19,20,22). The van der Waals surface area contributed by atoms with Gasteiger partial charge in [0.15, 0.2) is 5.82 Å². The fourth-order valence-electron chi connectivity index (χ4n) is 2.35. The second-order valence-corrected chi connectivity index (χ2v) is 7.54. The number of nitrogens with one attached hydrogen (secondary N) is 1. The smallest absolute Gasteiger partial charge is 0.266 e. The first kappa shape index (κ1) is 18.3. The highest BCUT2D eigenvalue weighted by Gasteiger charge is 2.32. The van der Waals surface area contributed by atoms with Crippen LogP contribution in [0.1, 0.15) is 23.3 Å². The lowest BCUT2D eigenvalue weighted by Crippen LogP contribution is -2.31. The van der Waals surface area contributed by atoms with E-state index in [-0.39, 0.29) is 24.8 Å². The fourth-order valence-corrected chi connectivity index (χ4v) is 3.66. The van der Waals surface area contributed by atoms with Gasteiger partial charge in [-0.1, -0.05) is 59.0 Å². The Morgan fingerprint density at radius 1 is 1.35 bits per heavy atom. The van der Waals surface area contributed by atoms with Crippen molar-refractivity contribution in [2.75, 3.05) is 11.9 Å². The molecule has 0 saturated carbocycles. The van der Waals surface area contributed by atoms with E-state index in [0.717, 1.165) is 11.1 Å². The molecule has 1 fully saturated rings. The van der Waals surface area contributed by atoms with Gasteiger partial charge in [0, 0.05) is 19.0 Å². The van der Waals surface area contributed by atoms with Gasteiger partial charge < -0.3 is 9.84 Å². The van der Waals surface area contributed by atoms with Crippen LogP contribution in [-0.4, -0.2) is 32.7 Å². The Morgan fingerprint density at radius 2 is 2.08 bits per heavy atom. The Labute approximate surface area is 160 Å². The lowest BCUT2D eigenvalue weighted by atomic mass is 10.1. The van der Waals surface area contributed by atoms with Crippen molar-refractivity contribution < 1.29 is 14.1 Å². The number of rotatable bonds is 5. The molecule has 1 saturated heterocycles. The van der Waals surface area contributed by atoms with Crippen LogP contribution in [0.25, 0.3) is 6.08 Å². The first-order valence-electron chi connectivity index (χ1n) is 7.97. The molecule has 6 nitrogen and oxygen atoms in total. The van der Waals surface area contributed by atoms with Crippen molar-refractivity contribution in [2.24, 2.45) is 0 Å². The number of anilines is 1. The second kappa shape index (κ2) is 7.84. The van der Waals surface area contributed by atoms with E-state index in [1.807, 2.05) is 37.3 Å². The van der Waals surface area contributed by atoms with Crippen LogP contribution in [-0.2, 0) is 9.59 Å². The van der Waals surface area contributed by atoms with Gasteiger partial charge in [-0.3, -0.25) is 14.5 Å². The Bertz CT molecular complexity index is 887. The Morgan fingerprint density at radius 3 is 2.73 bits per heavy atom. The number of carbonyl (C=O) groups is 2. The van der Waals surface area contributed by atoms with Crippen LogP contribution in [0.15, 0.2) is 39.8 Å². The van der Waals surface area contributed by atoms with Gasteiger partial charge in [-0.05, 0) is 25.5 Å². The minimum atomic E-state index is -0.255. The summed E-state index contributed by atoms with van der Waals surface area (Å²) >= 11 is 6.53. The number of benzene rings is 1. The number of thioether (sulfide) groups is 1. The second-order valence-electron chi connectivity index (χ2n) is 5.87. The molecule has 1 aliphatic heterocycles. The normalized spacial score (nSPS) is 15.8. The van der Waals surface area contributed by atoms with Gasteiger partial charge in [-0.15, -0.1) is 0 Å². The van der Waals surface area contributed by atoms with Crippen LogP contribution in [0, 0.1) is 13.8 Å². The maximum absolute atomic E-state index is 12.6. The molecule has 0 bridgehead atoms. The third kappa shape index (κ3) is 4.39. The number of amides is 2. The highest BCUT2D eigenvalue weighted by atomic mass is 32.2. The van der Waals surface area contributed by atoms with Gasteiger partial charge in [0.1, 0.15) is 10.1 Å². The van der Waals surface area contributed by atoms with Crippen molar-refractivity contribution in [1.29, 1.82) is 0 Å². The molecule has 0 radical (unpaired) electrons. The predicted molar refractivity (Wildman–Crippen MR) is 106 cm³/mol. The highest BCUT2D eigenvalue weighted by molar-refractivity contribution is 8.26. The number of nitrogens with zero attached hydrogens (tertiary/aromatic N) is 2. The molecule has 3 rings (SSSR count). The zero-order chi connectivity index (χ0) is 18.7. The van der Waals surface area contributed by atoms with Crippen molar-refractivity contribution >= 4 is 52.0 Å². The van der Waals surface area contributed by atoms with Gasteiger partial charge in [0.05, 0.1) is 4.91 Å². The van der Waals surface area contributed by atoms with Crippen LogP contribution in [0.2, 0.25) is 0 Å². The molecule has 0 unspecified atom stereocenters. The summed E-state index contributed by atoms with van der Waals surface area (Å²) in [4.78, 5) is 26.6. The van der Waals surface area contributed by atoms with E-state index < -0.39 is 0 Å². The van der Waals surface area contributed by atoms with E-state index in [2.05, 4.69) is 10.5 Å². The maximum atomic E-state index is 12.6. The summed E-state index contributed by atoms with van der Waals surface area (Å²) in [6, 6.07) is 9.51. The zero-order valence-corrected chi connectivity index (χ0v) is 15.9. The SMILES string of the molecule is Cc1ccc(C=C2SC(=S)N(CCC(=O)Nc3cc(C)on3)C2=O)cc1. The summed E-state index contributed by atoms with van der Waals surface area (Å²) in [6.45, 7) is 3.97. The Balaban J connectivity index is 1.60. The fraction of sp³-hybridized carbons (Fsp3) is 0.222. The van der Waals surface area contributed by atoms with E-state index in [0.29, 0.717) is 20.8 Å². The number of carbonyl (C=O) groups excluding carboxylic acids is 2. The van der Waals surface area contributed by atoms with Gasteiger partial charge in [-0.2, -0.15) is 0 Å². The molecule has 2 amide bonds. The largest absolute Gasteiger partial charge is 0.360 e. The topological polar surface area (TPSA) is 75.4 Å². The quantitative estimate of drug-likeness (QED) is 0.625. The first-order chi connectivity index (χ1) is 12.4. The summed E-state index contributed by atoms with van der Waals surface area (Å²) in [5, 5.41) is 6.33. The van der Waals surface area contributed by atoms with E-state index in [9.17, 15) is 9.59 Å². The summed E-state index contributed by atoms with van der Waals surface area (Å²) < 4.78 is 5.35. The van der Waals surface area contributed by atoms with Gasteiger partial charge in [0.25, 0.3) is 5.91 Å². The molecule has 0 atom stereocenters. The molecule has 2 aromatic rings. The number of hydrogen-bond acceptors (Lipinski definition) is 6. The van der Waals surface area contributed by atoms with Crippen LogP contribution in [0.4, 0.5) is 5.82 Å². The third-order valence-electron chi connectivity index (χ3n) is 3.71. The maximum Gasteiger partial charge on any atom is 0.266 e. The van der Waals surface area contributed by atoms with E-state index in [4.69, 9.17) is 16.7 Å². The van der Waals surface area contributed by atoms with E-state index >= 15 is 0 Å². The minimum Gasteiger partial charge on any atom is -0.360 e. The zero-order valence-electron chi connectivity index (χ0n) is 14.3. The molecule has 1 N–H and O–H groups in total. The lowest BCUT2D eigenvalue weighted by molar-refractivity contribution is -0.122. The Kier molecular flexibility index (Phi) is 5.53. The van der Waals surface area contributed by atoms with Gasteiger partial charge in [-0.25, -0.2) is 0 Å². The van der Waals surface area contributed by atoms with Crippen molar-refractivity contribution in [3.8, 4) is 0 Å². The summed E-state index contributed by atoms with van der Waals surface area (Å²) in [7, 11) is 0. The number of hydrogen-bond donors (Lipinski definition) is 1. The summed E-state index contributed by atoms with van der Waals surface area (Å²) in [6.07, 6.45) is 1.94. The number of aromatic nitrogens is 1. The number of thiocarbonyl (C=S) groups is 1. The average Bonchev–Trinajstić information content (AvgIpc) is 3.11. The Hall–Kier alpha value is -2.45. The van der Waals surface area contributed by atoms with Crippen molar-refractivity contribution in [2.45, 2.75) is 20.3 Å². The van der Waals surface area contributed by atoms with Crippen LogP contribution in [0.3, 0.4) is 0 Å². The van der Waals surface area contributed by atoms with E-state index in [1.165, 1.54) is 16.7 Å². The molecule has 0 aliphatic carbocycles. The molecule has 1 aliphatic rings. The van der Waals surface area contributed by atoms with Gasteiger partial charge in [0.2, 0.25) is 5.91 Å². The summed E-state index contributed by atoms with van der Waals surface area (Å²) in [5.74, 6) is 0.538. The number of aryl methyl sites for hydroxylation is 2. The molecule has 134 valence electrons. The molecule has 2 heterocycles. The van der Waals surface area contributed by atoms with Crippen molar-refractivity contribution in [3.05, 3.63) is 52.1 Å². The monoisotopic (exact) mass is 387 g/mol. The third-order valence-corrected chi connectivity index (χ3v) is 5.08. The molecular weight excluding hydrogens is 370 g/mol. The lowest BCUT2D eigenvalue weighted by Gasteiger charge is -2.13. The first-order valence-corrected chi connectivity index (χ1v) is 9.20. The summed E-state index contributed by atoms with van der Waals surface area (Å²) in [5.41, 5.74) is 2.10. The molecule has 0 spiro atoms. The predicted octanol–water partition coefficient (Wildman–Crippen LogP) is 3.52. The molecule has 26 heavy (non-hydrogen) atoms. The average molecular weight is 387 g/mol. The molecule has 1 aromatic heterocycles. The van der Waals surface area contributed by atoms with Crippen LogP contribution >= 0.6 is 24.0 Å². The molecular formula is C18H17N3O3S2. The molecule has 8 heteroatoms. The van der Waals surface area contributed by atoms with Crippen LogP contribution in [0.5, 0.6) is 0 Å².